The molecule has 3 aliphatic heterocycles. The topological polar surface area (TPSA) is 51.5 Å². The zero-order valence-electron chi connectivity index (χ0n) is 13.7. The minimum absolute atomic E-state index is 0.165. The Morgan fingerprint density at radius 1 is 1.26 bits per heavy atom. The number of rotatable bonds is 2. The number of carbonyl (C=O) groups excluding carboxylic acids is 1. The van der Waals surface area contributed by atoms with Crippen LogP contribution in [0.5, 0.6) is 0 Å². The largest absolute Gasteiger partial charge is 0.462 e. The van der Waals surface area contributed by atoms with E-state index < -0.39 is 5.97 Å². The molecule has 0 saturated carbocycles. The number of carbonyl (C=O) groups is 1. The van der Waals surface area contributed by atoms with Gasteiger partial charge in [-0.25, -0.2) is 4.79 Å². The summed E-state index contributed by atoms with van der Waals surface area (Å²) in [7, 11) is 0. The first kappa shape index (κ1) is 14.9. The third-order valence-corrected chi connectivity index (χ3v) is 5.80. The van der Waals surface area contributed by atoms with Crippen LogP contribution >= 0.6 is 0 Å². The van der Waals surface area contributed by atoms with Crippen molar-refractivity contribution in [1.82, 2.24) is 9.47 Å². The van der Waals surface area contributed by atoms with Crippen molar-refractivity contribution in [3.05, 3.63) is 33.7 Å². The highest BCUT2D eigenvalue weighted by molar-refractivity contribution is 5.89. The molecule has 0 N–H and O–H groups in total. The molecule has 2 saturated heterocycles. The molecule has 5 heteroatoms. The molecule has 0 amide bonds. The van der Waals surface area contributed by atoms with Gasteiger partial charge < -0.3 is 9.30 Å². The summed E-state index contributed by atoms with van der Waals surface area (Å²) in [6, 6.07) is 4.26. The van der Waals surface area contributed by atoms with Gasteiger partial charge in [-0.1, -0.05) is 0 Å². The van der Waals surface area contributed by atoms with Gasteiger partial charge in [-0.2, -0.15) is 0 Å². The monoisotopic (exact) mass is 316 g/mol. The van der Waals surface area contributed by atoms with Crippen LogP contribution in [0.4, 0.5) is 0 Å². The Hall–Kier alpha value is -1.62. The van der Waals surface area contributed by atoms with Crippen molar-refractivity contribution in [2.75, 3.05) is 19.7 Å². The Morgan fingerprint density at radius 3 is 2.83 bits per heavy atom. The lowest BCUT2D eigenvalue weighted by molar-refractivity contribution is 0.0177. The Balaban J connectivity index is 1.77. The van der Waals surface area contributed by atoms with E-state index in [4.69, 9.17) is 4.74 Å². The van der Waals surface area contributed by atoms with Gasteiger partial charge in [0.2, 0.25) is 0 Å². The minimum Gasteiger partial charge on any atom is -0.462 e. The van der Waals surface area contributed by atoms with Crippen molar-refractivity contribution in [3.8, 4) is 0 Å². The molecule has 1 aromatic rings. The average Bonchev–Trinajstić information content (AvgIpc) is 2.56. The normalized spacial score (nSPS) is 29.5. The molecule has 0 bridgehead atoms. The summed E-state index contributed by atoms with van der Waals surface area (Å²) in [5, 5.41) is 0. The van der Waals surface area contributed by atoms with Gasteiger partial charge in [0.25, 0.3) is 5.56 Å². The number of hydrogen-bond acceptors (Lipinski definition) is 4. The maximum absolute atomic E-state index is 12.8. The van der Waals surface area contributed by atoms with E-state index >= 15 is 0 Å². The minimum atomic E-state index is -0.496. The molecule has 124 valence electrons. The molecule has 0 radical (unpaired) electrons. The fraction of sp³-hybridized carbons (Fsp3) is 0.667. The van der Waals surface area contributed by atoms with Crippen LogP contribution in [0.3, 0.4) is 0 Å². The maximum Gasteiger partial charge on any atom is 0.343 e. The van der Waals surface area contributed by atoms with Crippen molar-refractivity contribution < 1.29 is 9.53 Å². The second-order valence-corrected chi connectivity index (χ2v) is 6.99. The zero-order chi connectivity index (χ0) is 16.0. The molecule has 5 nitrogen and oxygen atoms in total. The van der Waals surface area contributed by atoms with Crippen LogP contribution in [-0.2, 0) is 11.3 Å². The van der Waals surface area contributed by atoms with Gasteiger partial charge in [-0.05, 0) is 63.7 Å². The Bertz CT molecular complexity index is 679. The molecule has 0 aromatic carbocycles. The first-order chi connectivity index (χ1) is 11.2. The number of aromatic nitrogens is 1. The fourth-order valence-electron chi connectivity index (χ4n) is 4.93. The van der Waals surface area contributed by atoms with Gasteiger partial charge >= 0.3 is 5.97 Å². The van der Waals surface area contributed by atoms with E-state index in [0.717, 1.165) is 18.7 Å². The second-order valence-electron chi connectivity index (χ2n) is 6.99. The van der Waals surface area contributed by atoms with Gasteiger partial charge in [-0.3, -0.25) is 9.69 Å². The number of hydrogen-bond donors (Lipinski definition) is 0. The number of fused-ring (bicyclic) bond motifs is 2. The lowest BCUT2D eigenvalue weighted by Crippen LogP contribution is -2.56. The molecule has 3 aliphatic rings. The van der Waals surface area contributed by atoms with Crippen molar-refractivity contribution in [2.24, 2.45) is 5.92 Å². The molecule has 1 aromatic heterocycles. The van der Waals surface area contributed by atoms with Crippen molar-refractivity contribution >= 4 is 5.97 Å². The molecular weight excluding hydrogens is 292 g/mol. The molecule has 4 rings (SSSR count). The number of esters is 1. The van der Waals surface area contributed by atoms with E-state index in [1.807, 2.05) is 10.6 Å². The first-order valence-electron chi connectivity index (χ1n) is 8.85. The molecular formula is C18H24N2O3. The lowest BCUT2D eigenvalue weighted by Gasteiger charge is -2.52. The molecule has 2 fully saturated rings. The predicted octanol–water partition coefficient (Wildman–Crippen LogP) is 2.00. The summed E-state index contributed by atoms with van der Waals surface area (Å²) >= 11 is 0. The molecule has 4 heterocycles. The third-order valence-electron chi connectivity index (χ3n) is 5.80. The van der Waals surface area contributed by atoms with E-state index in [0.29, 0.717) is 24.5 Å². The van der Waals surface area contributed by atoms with E-state index in [9.17, 15) is 9.59 Å². The van der Waals surface area contributed by atoms with E-state index in [1.165, 1.54) is 32.4 Å². The first-order valence-corrected chi connectivity index (χ1v) is 8.85. The smallest absolute Gasteiger partial charge is 0.343 e. The summed E-state index contributed by atoms with van der Waals surface area (Å²) in [4.78, 5) is 27.5. The molecule has 3 atom stereocenters. The van der Waals surface area contributed by atoms with Gasteiger partial charge in [0.05, 0.1) is 6.61 Å². The molecule has 23 heavy (non-hydrogen) atoms. The molecule has 0 aliphatic carbocycles. The lowest BCUT2D eigenvalue weighted by atomic mass is 9.72. The predicted molar refractivity (Wildman–Crippen MR) is 86.7 cm³/mol. The zero-order valence-corrected chi connectivity index (χ0v) is 13.7. The summed E-state index contributed by atoms with van der Waals surface area (Å²) in [6.45, 7) is 5.20. The van der Waals surface area contributed by atoms with Gasteiger partial charge in [0.15, 0.2) is 0 Å². The Labute approximate surface area is 136 Å². The van der Waals surface area contributed by atoms with Crippen LogP contribution in [0.2, 0.25) is 0 Å². The van der Waals surface area contributed by atoms with E-state index in [1.54, 1.807) is 13.0 Å². The van der Waals surface area contributed by atoms with Crippen LogP contribution < -0.4 is 5.56 Å². The highest BCUT2D eigenvalue weighted by Crippen LogP contribution is 2.43. The standard InChI is InChI=1S/C18H24N2O3/c1-2-23-18(22)14-7-8-15-13-6-4-10-19-9-3-5-12(16(13)19)11-20(15)17(14)21/h7-8,12-13,16H,2-6,9-11H2,1H3. The SMILES string of the molecule is CCOC(=O)c1ccc2n(c1=O)CC1CCCN3CCCC2C13. The molecule has 3 unspecified atom stereocenters. The van der Waals surface area contributed by atoms with Crippen LogP contribution in [0.15, 0.2) is 16.9 Å². The summed E-state index contributed by atoms with van der Waals surface area (Å²) in [5.74, 6) is 0.479. The second kappa shape index (κ2) is 5.78. The summed E-state index contributed by atoms with van der Waals surface area (Å²) in [6.07, 6.45) is 4.75. The summed E-state index contributed by atoms with van der Waals surface area (Å²) < 4.78 is 6.90. The Kier molecular flexibility index (Phi) is 3.76. The number of ether oxygens (including phenoxy) is 1. The van der Waals surface area contributed by atoms with Gasteiger partial charge in [0, 0.05) is 24.2 Å². The average molecular weight is 316 g/mol. The van der Waals surface area contributed by atoms with Crippen LogP contribution in [0.1, 0.15) is 54.6 Å². The Morgan fingerprint density at radius 2 is 2.04 bits per heavy atom. The number of nitrogens with zero attached hydrogens (tertiary/aromatic N) is 2. The third kappa shape index (κ3) is 2.33. The maximum atomic E-state index is 12.8. The van der Waals surface area contributed by atoms with Gasteiger partial charge in [-0.15, -0.1) is 0 Å². The van der Waals surface area contributed by atoms with E-state index in [2.05, 4.69) is 4.90 Å². The van der Waals surface area contributed by atoms with Crippen molar-refractivity contribution in [1.29, 1.82) is 0 Å². The number of piperidine rings is 2. The van der Waals surface area contributed by atoms with Crippen LogP contribution in [-0.4, -0.2) is 41.2 Å². The number of pyridine rings is 1. The fourth-order valence-corrected chi connectivity index (χ4v) is 4.93. The van der Waals surface area contributed by atoms with Crippen LogP contribution in [0, 0.1) is 5.92 Å². The van der Waals surface area contributed by atoms with Crippen LogP contribution in [0.25, 0.3) is 0 Å². The highest BCUT2D eigenvalue weighted by atomic mass is 16.5. The quantitative estimate of drug-likeness (QED) is 0.783. The van der Waals surface area contributed by atoms with Gasteiger partial charge in [0.1, 0.15) is 5.56 Å². The molecule has 0 spiro atoms. The van der Waals surface area contributed by atoms with Crippen molar-refractivity contribution in [3.63, 3.8) is 0 Å². The van der Waals surface area contributed by atoms with Crippen molar-refractivity contribution in [2.45, 2.75) is 51.1 Å². The summed E-state index contributed by atoms with van der Waals surface area (Å²) in [5.41, 5.74) is 1.13. The highest BCUT2D eigenvalue weighted by Gasteiger charge is 2.44. The van der Waals surface area contributed by atoms with E-state index in [-0.39, 0.29) is 11.1 Å².